The zero-order valence-corrected chi connectivity index (χ0v) is 12.2. The van der Waals surface area contributed by atoms with Crippen LogP contribution in [0.15, 0.2) is 36.7 Å². The van der Waals surface area contributed by atoms with Gasteiger partial charge in [-0.05, 0) is 30.5 Å². The van der Waals surface area contributed by atoms with Crippen molar-refractivity contribution in [1.29, 1.82) is 0 Å². The number of nitrogens with one attached hydrogen (secondary N) is 1. The van der Waals surface area contributed by atoms with Gasteiger partial charge in [0.2, 0.25) is 0 Å². The molecule has 3 rings (SSSR count). The molecule has 5 heteroatoms. The van der Waals surface area contributed by atoms with Gasteiger partial charge in [-0.25, -0.2) is 9.97 Å². The third-order valence-electron chi connectivity index (χ3n) is 3.36. The second-order valence-electron chi connectivity index (χ2n) is 4.90. The van der Waals surface area contributed by atoms with Crippen molar-refractivity contribution < 1.29 is 9.53 Å². The Morgan fingerprint density at radius 3 is 2.95 bits per heavy atom. The van der Waals surface area contributed by atoms with Crippen LogP contribution in [-0.4, -0.2) is 28.5 Å². The van der Waals surface area contributed by atoms with E-state index in [2.05, 4.69) is 27.1 Å². The molecule has 0 unspecified atom stereocenters. The summed E-state index contributed by atoms with van der Waals surface area (Å²) in [6.45, 7) is 2.06. The first-order valence-corrected chi connectivity index (χ1v) is 7.04. The van der Waals surface area contributed by atoms with E-state index in [0.717, 1.165) is 23.3 Å². The topological polar surface area (TPSA) is 64.1 Å². The predicted molar refractivity (Wildman–Crippen MR) is 82.0 cm³/mol. The molecule has 22 heavy (non-hydrogen) atoms. The van der Waals surface area contributed by atoms with Gasteiger partial charge in [-0.15, -0.1) is 0 Å². The van der Waals surface area contributed by atoms with E-state index in [9.17, 15) is 4.79 Å². The molecule has 2 heterocycles. The number of benzene rings is 1. The molecule has 0 bridgehead atoms. The van der Waals surface area contributed by atoms with E-state index >= 15 is 0 Å². The Labute approximate surface area is 128 Å². The minimum absolute atomic E-state index is 0.0949. The SMILES string of the molecule is CC#CC(=O)NC[C@@H]1Cc2cccc(-c3ncccn3)c2O1. The maximum absolute atomic E-state index is 11.4. The molecule has 1 amide bonds. The molecule has 2 aromatic rings. The molecule has 0 fully saturated rings. The zero-order valence-electron chi connectivity index (χ0n) is 12.2. The molecule has 1 N–H and O–H groups in total. The second kappa shape index (κ2) is 6.27. The fraction of sp³-hybridized carbons (Fsp3) is 0.235. The van der Waals surface area contributed by atoms with Crippen molar-refractivity contribution in [1.82, 2.24) is 15.3 Å². The summed E-state index contributed by atoms with van der Waals surface area (Å²) in [6.07, 6.45) is 4.06. The minimum Gasteiger partial charge on any atom is -0.487 e. The van der Waals surface area contributed by atoms with Crippen LogP contribution in [-0.2, 0) is 11.2 Å². The van der Waals surface area contributed by atoms with Gasteiger partial charge in [-0.3, -0.25) is 4.79 Å². The highest BCUT2D eigenvalue weighted by Crippen LogP contribution is 2.37. The van der Waals surface area contributed by atoms with Crippen molar-refractivity contribution in [3.05, 3.63) is 42.2 Å². The van der Waals surface area contributed by atoms with Gasteiger partial charge in [-0.2, -0.15) is 0 Å². The number of carbonyl (C=O) groups is 1. The number of ether oxygens (including phenoxy) is 1. The fourth-order valence-electron chi connectivity index (χ4n) is 2.43. The highest BCUT2D eigenvalue weighted by Gasteiger charge is 2.26. The van der Waals surface area contributed by atoms with E-state index in [1.165, 1.54) is 0 Å². The largest absolute Gasteiger partial charge is 0.487 e. The van der Waals surface area contributed by atoms with Gasteiger partial charge in [0.05, 0.1) is 12.1 Å². The average Bonchev–Trinajstić information content (AvgIpc) is 2.97. The number of fused-ring (bicyclic) bond motifs is 1. The maximum atomic E-state index is 11.4. The second-order valence-corrected chi connectivity index (χ2v) is 4.90. The Bertz CT molecular complexity index is 747. The van der Waals surface area contributed by atoms with E-state index < -0.39 is 0 Å². The number of amides is 1. The molecule has 0 radical (unpaired) electrons. The van der Waals surface area contributed by atoms with Crippen LogP contribution in [0, 0.1) is 11.8 Å². The smallest absolute Gasteiger partial charge is 0.296 e. The van der Waals surface area contributed by atoms with Gasteiger partial charge in [0.15, 0.2) is 5.82 Å². The quantitative estimate of drug-likeness (QED) is 0.873. The molecule has 0 spiro atoms. The Morgan fingerprint density at radius 1 is 1.36 bits per heavy atom. The summed E-state index contributed by atoms with van der Waals surface area (Å²) < 4.78 is 5.98. The summed E-state index contributed by atoms with van der Waals surface area (Å²) in [5.74, 6) is 6.18. The summed E-state index contributed by atoms with van der Waals surface area (Å²) in [5, 5.41) is 2.75. The van der Waals surface area contributed by atoms with Gasteiger partial charge in [-0.1, -0.05) is 18.1 Å². The summed E-state index contributed by atoms with van der Waals surface area (Å²) in [4.78, 5) is 19.9. The van der Waals surface area contributed by atoms with Crippen molar-refractivity contribution in [3.63, 3.8) is 0 Å². The van der Waals surface area contributed by atoms with Crippen molar-refractivity contribution >= 4 is 5.91 Å². The normalized spacial score (nSPS) is 15.2. The number of para-hydroxylation sites is 1. The molecule has 1 atom stereocenters. The van der Waals surface area contributed by atoms with Crippen molar-refractivity contribution in [2.24, 2.45) is 0 Å². The molecular weight excluding hydrogens is 278 g/mol. The van der Waals surface area contributed by atoms with Crippen molar-refractivity contribution in [3.8, 4) is 29.0 Å². The maximum Gasteiger partial charge on any atom is 0.296 e. The number of aromatic nitrogens is 2. The number of rotatable bonds is 3. The monoisotopic (exact) mass is 293 g/mol. The number of hydrogen-bond acceptors (Lipinski definition) is 4. The van der Waals surface area contributed by atoms with Gasteiger partial charge >= 0.3 is 0 Å². The first-order chi connectivity index (χ1) is 10.8. The molecule has 5 nitrogen and oxygen atoms in total. The number of nitrogens with zero attached hydrogens (tertiary/aromatic N) is 2. The zero-order chi connectivity index (χ0) is 15.4. The first-order valence-electron chi connectivity index (χ1n) is 7.04. The van der Waals surface area contributed by atoms with Crippen molar-refractivity contribution in [2.45, 2.75) is 19.4 Å². The minimum atomic E-state index is -0.284. The number of carbonyl (C=O) groups excluding carboxylic acids is 1. The van der Waals surface area contributed by atoms with E-state index in [1.54, 1.807) is 25.4 Å². The van der Waals surface area contributed by atoms with Crippen LogP contribution in [0.1, 0.15) is 12.5 Å². The van der Waals surface area contributed by atoms with Crippen LogP contribution in [0.25, 0.3) is 11.4 Å². The Balaban J connectivity index is 1.76. The van der Waals surface area contributed by atoms with Gasteiger partial charge < -0.3 is 10.1 Å². The molecule has 0 aliphatic carbocycles. The highest BCUT2D eigenvalue weighted by molar-refractivity contribution is 5.93. The lowest BCUT2D eigenvalue weighted by atomic mass is 10.1. The highest BCUT2D eigenvalue weighted by atomic mass is 16.5. The molecule has 1 aromatic heterocycles. The Hall–Kier alpha value is -2.87. The van der Waals surface area contributed by atoms with Gasteiger partial charge in [0.25, 0.3) is 5.91 Å². The Kier molecular flexibility index (Phi) is 4.01. The standard InChI is InChI=1S/C17H15N3O2/c1-2-5-15(21)20-11-13-10-12-6-3-7-14(16(12)22-13)17-18-8-4-9-19-17/h3-4,6-9,13H,10-11H2,1H3,(H,20,21)/t13-/m0/s1. The van der Waals surface area contributed by atoms with Gasteiger partial charge in [0.1, 0.15) is 11.9 Å². The van der Waals surface area contributed by atoms with Crippen LogP contribution >= 0.6 is 0 Å². The predicted octanol–water partition coefficient (Wildman–Crippen LogP) is 1.59. The van der Waals surface area contributed by atoms with Crippen LogP contribution in [0.2, 0.25) is 0 Å². The first kappa shape index (κ1) is 14.1. The summed E-state index contributed by atoms with van der Waals surface area (Å²) in [5.41, 5.74) is 1.98. The summed E-state index contributed by atoms with van der Waals surface area (Å²) in [7, 11) is 0. The van der Waals surface area contributed by atoms with Crippen LogP contribution in [0.3, 0.4) is 0 Å². The third kappa shape index (κ3) is 2.91. The molecule has 1 aromatic carbocycles. The van der Waals surface area contributed by atoms with Crippen LogP contribution in [0.5, 0.6) is 5.75 Å². The lowest BCUT2D eigenvalue weighted by Gasteiger charge is -2.12. The molecule has 110 valence electrons. The molecule has 1 aliphatic heterocycles. The lowest BCUT2D eigenvalue weighted by molar-refractivity contribution is -0.116. The molecule has 0 saturated carbocycles. The molecule has 0 saturated heterocycles. The van der Waals surface area contributed by atoms with E-state index in [4.69, 9.17) is 4.74 Å². The summed E-state index contributed by atoms with van der Waals surface area (Å²) in [6, 6.07) is 7.71. The Morgan fingerprint density at radius 2 is 2.18 bits per heavy atom. The lowest BCUT2D eigenvalue weighted by Crippen LogP contribution is -2.33. The van der Waals surface area contributed by atoms with E-state index in [1.807, 2.05) is 18.2 Å². The average molecular weight is 293 g/mol. The molecule has 1 aliphatic rings. The van der Waals surface area contributed by atoms with Crippen LogP contribution in [0.4, 0.5) is 0 Å². The van der Waals surface area contributed by atoms with E-state index in [0.29, 0.717) is 12.4 Å². The third-order valence-corrected chi connectivity index (χ3v) is 3.36. The number of hydrogen-bond donors (Lipinski definition) is 1. The van der Waals surface area contributed by atoms with E-state index in [-0.39, 0.29) is 12.0 Å². The summed E-state index contributed by atoms with van der Waals surface area (Å²) >= 11 is 0. The molecular formula is C17H15N3O2. The fourth-order valence-corrected chi connectivity index (χ4v) is 2.43. The van der Waals surface area contributed by atoms with Crippen LogP contribution < -0.4 is 10.1 Å². The van der Waals surface area contributed by atoms with Crippen molar-refractivity contribution in [2.75, 3.05) is 6.54 Å². The van der Waals surface area contributed by atoms with Gasteiger partial charge in [0, 0.05) is 18.8 Å².